The van der Waals surface area contributed by atoms with Gasteiger partial charge in [-0.25, -0.2) is 0 Å². The summed E-state index contributed by atoms with van der Waals surface area (Å²) in [7, 11) is 0. The average Bonchev–Trinajstić information content (AvgIpc) is 2.17. The quantitative estimate of drug-likeness (QED) is 0.622. The maximum atomic E-state index is 5.89. The van der Waals surface area contributed by atoms with Crippen molar-refractivity contribution >= 4 is 23.2 Å². The van der Waals surface area contributed by atoms with Crippen molar-refractivity contribution in [3.05, 3.63) is 33.8 Å². The molecular formula is C10H14Cl2N2O. The van der Waals surface area contributed by atoms with E-state index < -0.39 is 0 Å². The molecule has 1 aromatic carbocycles. The molecule has 3 N–H and O–H groups in total. The Bertz CT molecular complexity index is 300. The van der Waals surface area contributed by atoms with Gasteiger partial charge in [0, 0.05) is 16.7 Å². The van der Waals surface area contributed by atoms with Crippen LogP contribution in [0.3, 0.4) is 0 Å². The summed E-state index contributed by atoms with van der Waals surface area (Å²) in [5.41, 5.74) is 3.59. The number of halogens is 2. The van der Waals surface area contributed by atoms with E-state index in [1.807, 2.05) is 19.1 Å². The fraction of sp³-hybridized carbons (Fsp3) is 0.400. The lowest BCUT2D eigenvalue weighted by Gasteiger charge is -2.16. The Morgan fingerprint density at radius 2 is 1.93 bits per heavy atom. The highest BCUT2D eigenvalue weighted by Crippen LogP contribution is 2.23. The third-order valence-electron chi connectivity index (χ3n) is 1.98. The zero-order valence-corrected chi connectivity index (χ0v) is 9.98. The Kier molecular flexibility index (Phi) is 5.36. The van der Waals surface area contributed by atoms with Crippen molar-refractivity contribution in [3.8, 4) is 0 Å². The Hall–Kier alpha value is -0.320. The highest BCUT2D eigenvalue weighted by atomic mass is 35.5. The van der Waals surface area contributed by atoms with Gasteiger partial charge in [-0.2, -0.15) is 0 Å². The van der Waals surface area contributed by atoms with Gasteiger partial charge in [-0.1, -0.05) is 23.2 Å². The third-order valence-corrected chi connectivity index (χ3v) is 2.41. The molecule has 1 aromatic rings. The van der Waals surface area contributed by atoms with E-state index in [1.165, 1.54) is 0 Å². The normalized spacial score (nSPS) is 12.8. The Morgan fingerprint density at radius 1 is 1.33 bits per heavy atom. The molecule has 3 nitrogen and oxygen atoms in total. The van der Waals surface area contributed by atoms with Gasteiger partial charge in [0.1, 0.15) is 0 Å². The molecule has 0 aliphatic carbocycles. The molecule has 1 unspecified atom stereocenters. The van der Waals surface area contributed by atoms with Crippen LogP contribution < -0.4 is 11.3 Å². The van der Waals surface area contributed by atoms with Crippen LogP contribution in [0.4, 0.5) is 0 Å². The van der Waals surface area contributed by atoms with E-state index in [4.69, 9.17) is 33.8 Å². The largest absolute Gasteiger partial charge is 0.380 e. The van der Waals surface area contributed by atoms with Gasteiger partial charge in [0.2, 0.25) is 0 Å². The first-order valence-electron chi connectivity index (χ1n) is 4.67. The van der Waals surface area contributed by atoms with Crippen molar-refractivity contribution in [2.45, 2.75) is 13.0 Å². The van der Waals surface area contributed by atoms with Gasteiger partial charge >= 0.3 is 0 Å². The van der Waals surface area contributed by atoms with E-state index in [0.29, 0.717) is 23.3 Å². The van der Waals surface area contributed by atoms with Crippen LogP contribution in [0.1, 0.15) is 18.5 Å². The molecule has 5 heteroatoms. The van der Waals surface area contributed by atoms with E-state index >= 15 is 0 Å². The van der Waals surface area contributed by atoms with Crippen LogP contribution in [0.2, 0.25) is 10.0 Å². The number of nitrogens with one attached hydrogen (secondary N) is 1. The molecule has 15 heavy (non-hydrogen) atoms. The molecule has 0 bridgehead atoms. The van der Waals surface area contributed by atoms with Gasteiger partial charge in [-0.05, 0) is 30.7 Å². The lowest BCUT2D eigenvalue weighted by atomic mass is 10.1. The number of benzene rings is 1. The predicted molar refractivity (Wildman–Crippen MR) is 63.0 cm³/mol. The van der Waals surface area contributed by atoms with Gasteiger partial charge in [0.25, 0.3) is 0 Å². The van der Waals surface area contributed by atoms with Crippen LogP contribution >= 0.6 is 23.2 Å². The second-order valence-electron chi connectivity index (χ2n) is 3.08. The van der Waals surface area contributed by atoms with E-state index in [0.717, 1.165) is 5.56 Å². The molecule has 84 valence electrons. The maximum Gasteiger partial charge on any atom is 0.0694 e. The van der Waals surface area contributed by atoms with Crippen LogP contribution in [0.25, 0.3) is 0 Å². The Morgan fingerprint density at radius 3 is 2.40 bits per heavy atom. The number of ether oxygens (including phenoxy) is 1. The minimum absolute atomic E-state index is 0.0962. The Labute approximate surface area is 99.5 Å². The SMILES string of the molecule is CCOCC(NN)c1cc(Cl)cc(Cl)c1. The summed E-state index contributed by atoms with van der Waals surface area (Å²) in [4.78, 5) is 0. The minimum Gasteiger partial charge on any atom is -0.380 e. The van der Waals surface area contributed by atoms with E-state index in [-0.39, 0.29) is 6.04 Å². The average molecular weight is 249 g/mol. The van der Waals surface area contributed by atoms with Gasteiger partial charge in [0.05, 0.1) is 12.6 Å². The van der Waals surface area contributed by atoms with Crippen LogP contribution in [0, 0.1) is 0 Å². The first-order valence-corrected chi connectivity index (χ1v) is 5.42. The van der Waals surface area contributed by atoms with Gasteiger partial charge in [-0.3, -0.25) is 11.3 Å². The molecule has 0 fully saturated rings. The molecule has 0 spiro atoms. The van der Waals surface area contributed by atoms with E-state index in [9.17, 15) is 0 Å². The summed E-state index contributed by atoms with van der Waals surface area (Å²) < 4.78 is 5.29. The van der Waals surface area contributed by atoms with Crippen molar-refractivity contribution < 1.29 is 4.74 Å². The van der Waals surface area contributed by atoms with Gasteiger partial charge in [-0.15, -0.1) is 0 Å². The summed E-state index contributed by atoms with van der Waals surface area (Å²) in [6.45, 7) is 3.06. The second kappa shape index (κ2) is 6.30. The van der Waals surface area contributed by atoms with Crippen molar-refractivity contribution in [3.63, 3.8) is 0 Å². The molecule has 0 radical (unpaired) electrons. The summed E-state index contributed by atoms with van der Waals surface area (Å²) >= 11 is 11.8. The summed E-state index contributed by atoms with van der Waals surface area (Å²) in [5, 5.41) is 1.18. The molecule has 0 amide bonds. The van der Waals surface area contributed by atoms with Crippen molar-refractivity contribution in [2.24, 2.45) is 5.84 Å². The predicted octanol–water partition coefficient (Wildman–Crippen LogP) is 2.53. The molecule has 0 aromatic heterocycles. The topological polar surface area (TPSA) is 47.3 Å². The lowest BCUT2D eigenvalue weighted by molar-refractivity contribution is 0.123. The van der Waals surface area contributed by atoms with Gasteiger partial charge < -0.3 is 4.74 Å². The molecule has 0 aliphatic heterocycles. The third kappa shape index (κ3) is 3.97. The molecule has 1 atom stereocenters. The van der Waals surface area contributed by atoms with Gasteiger partial charge in [0.15, 0.2) is 0 Å². The maximum absolute atomic E-state index is 5.89. The minimum atomic E-state index is -0.0962. The van der Waals surface area contributed by atoms with Crippen LogP contribution in [0.15, 0.2) is 18.2 Å². The first kappa shape index (κ1) is 12.7. The number of hydrogen-bond acceptors (Lipinski definition) is 3. The summed E-state index contributed by atoms with van der Waals surface area (Å²) in [6, 6.07) is 5.22. The fourth-order valence-electron chi connectivity index (χ4n) is 1.25. The van der Waals surface area contributed by atoms with Crippen LogP contribution in [-0.4, -0.2) is 13.2 Å². The monoisotopic (exact) mass is 248 g/mol. The number of rotatable bonds is 5. The molecule has 0 aliphatic rings. The van der Waals surface area contributed by atoms with E-state index in [1.54, 1.807) is 6.07 Å². The van der Waals surface area contributed by atoms with Crippen molar-refractivity contribution in [2.75, 3.05) is 13.2 Å². The zero-order chi connectivity index (χ0) is 11.3. The molecule has 0 saturated heterocycles. The molecular weight excluding hydrogens is 235 g/mol. The molecule has 0 heterocycles. The highest BCUT2D eigenvalue weighted by Gasteiger charge is 2.10. The second-order valence-corrected chi connectivity index (χ2v) is 3.95. The molecule has 0 saturated carbocycles. The fourth-order valence-corrected chi connectivity index (χ4v) is 1.80. The number of nitrogens with two attached hydrogens (primary N) is 1. The summed E-state index contributed by atoms with van der Waals surface area (Å²) in [5.74, 6) is 5.43. The number of hydrogen-bond donors (Lipinski definition) is 2. The lowest BCUT2D eigenvalue weighted by Crippen LogP contribution is -2.31. The standard InChI is InChI=1S/C10H14Cl2N2O/c1-2-15-6-10(14-13)7-3-8(11)5-9(12)4-7/h3-5,10,14H,2,6,13H2,1H3. The zero-order valence-electron chi connectivity index (χ0n) is 8.47. The summed E-state index contributed by atoms with van der Waals surface area (Å²) in [6.07, 6.45) is 0. The van der Waals surface area contributed by atoms with E-state index in [2.05, 4.69) is 5.43 Å². The van der Waals surface area contributed by atoms with Crippen molar-refractivity contribution in [1.82, 2.24) is 5.43 Å². The molecule has 1 rings (SSSR count). The number of hydrazine groups is 1. The first-order chi connectivity index (χ1) is 7.17. The van der Waals surface area contributed by atoms with Crippen LogP contribution in [-0.2, 0) is 4.74 Å². The smallest absolute Gasteiger partial charge is 0.0694 e. The Balaban J connectivity index is 2.81. The van der Waals surface area contributed by atoms with Crippen molar-refractivity contribution in [1.29, 1.82) is 0 Å². The van der Waals surface area contributed by atoms with Crippen LogP contribution in [0.5, 0.6) is 0 Å². The highest BCUT2D eigenvalue weighted by molar-refractivity contribution is 6.34.